The van der Waals surface area contributed by atoms with Crippen LogP contribution in [-0.4, -0.2) is 18.4 Å². The topological polar surface area (TPSA) is 62.8 Å². The summed E-state index contributed by atoms with van der Waals surface area (Å²) in [6.07, 6.45) is 3.21. The lowest BCUT2D eigenvalue weighted by Gasteiger charge is -2.06. The van der Waals surface area contributed by atoms with E-state index in [1.54, 1.807) is 30.5 Å². The molecule has 1 N–H and O–H groups in total. The number of aromatic nitrogens is 2. The van der Waals surface area contributed by atoms with Crippen LogP contribution in [0.4, 0.5) is 0 Å². The van der Waals surface area contributed by atoms with E-state index < -0.39 is 9.84 Å². The number of halogens is 1. The van der Waals surface area contributed by atoms with Gasteiger partial charge in [0.25, 0.3) is 0 Å². The summed E-state index contributed by atoms with van der Waals surface area (Å²) in [7, 11) is -3.63. The highest BCUT2D eigenvalue weighted by Gasteiger charge is 2.23. The Kier molecular flexibility index (Phi) is 3.14. The third-order valence-corrected chi connectivity index (χ3v) is 5.44. The molecule has 3 rings (SSSR count). The first kappa shape index (κ1) is 13.3. The monoisotopic (exact) mass is 350 g/mol. The molecule has 0 saturated carbocycles. The molecule has 0 fully saturated rings. The zero-order valence-corrected chi connectivity index (χ0v) is 13.0. The third kappa shape index (κ3) is 2.05. The Morgan fingerprint density at radius 1 is 1.15 bits per heavy atom. The van der Waals surface area contributed by atoms with Gasteiger partial charge in [0.05, 0.1) is 10.4 Å². The summed E-state index contributed by atoms with van der Waals surface area (Å²) in [6.45, 7) is 1.91. The van der Waals surface area contributed by atoms with Crippen LogP contribution in [0.15, 0.2) is 57.1 Å². The molecule has 0 atom stereocenters. The van der Waals surface area contributed by atoms with E-state index in [-0.39, 0.29) is 9.92 Å². The molecule has 0 radical (unpaired) electrons. The van der Waals surface area contributed by atoms with E-state index in [4.69, 9.17) is 0 Å². The van der Waals surface area contributed by atoms with Crippen molar-refractivity contribution in [3.63, 3.8) is 0 Å². The number of pyridine rings is 1. The first-order valence-electron chi connectivity index (χ1n) is 5.93. The van der Waals surface area contributed by atoms with Crippen molar-refractivity contribution in [1.82, 2.24) is 9.97 Å². The van der Waals surface area contributed by atoms with Crippen LogP contribution in [0.1, 0.15) is 5.56 Å². The van der Waals surface area contributed by atoms with Gasteiger partial charge in [0.1, 0.15) is 0 Å². The molecular formula is C14H11BrN2O2S. The van der Waals surface area contributed by atoms with Crippen LogP contribution in [0.5, 0.6) is 0 Å². The molecule has 1 aromatic carbocycles. The van der Waals surface area contributed by atoms with Gasteiger partial charge in [0, 0.05) is 22.3 Å². The zero-order chi connectivity index (χ0) is 14.3. The van der Waals surface area contributed by atoms with Crippen LogP contribution in [0.3, 0.4) is 0 Å². The number of benzene rings is 1. The highest BCUT2D eigenvalue weighted by molar-refractivity contribution is 9.10. The molecule has 2 heterocycles. The number of fused-ring (bicyclic) bond motifs is 1. The molecular weight excluding hydrogens is 340 g/mol. The normalized spacial score (nSPS) is 11.9. The largest absolute Gasteiger partial charge is 0.359 e. The lowest BCUT2D eigenvalue weighted by Crippen LogP contribution is -2.05. The molecule has 20 heavy (non-hydrogen) atoms. The second-order valence-corrected chi connectivity index (χ2v) is 7.21. The highest BCUT2D eigenvalue weighted by atomic mass is 79.9. The molecule has 0 aliphatic rings. The second kappa shape index (κ2) is 4.71. The third-order valence-electron chi connectivity index (χ3n) is 3.10. The van der Waals surface area contributed by atoms with E-state index in [9.17, 15) is 8.42 Å². The molecule has 0 spiro atoms. The maximum absolute atomic E-state index is 12.7. The molecule has 3 aromatic rings. The van der Waals surface area contributed by atoms with Crippen LogP contribution in [-0.2, 0) is 9.84 Å². The average Bonchev–Trinajstić information content (AvgIpc) is 2.89. The molecule has 102 valence electrons. The van der Waals surface area contributed by atoms with Gasteiger partial charge in [0.2, 0.25) is 9.84 Å². The number of hydrogen-bond donors (Lipinski definition) is 1. The fourth-order valence-electron chi connectivity index (χ4n) is 2.03. The van der Waals surface area contributed by atoms with Crippen molar-refractivity contribution in [2.75, 3.05) is 0 Å². The van der Waals surface area contributed by atoms with Gasteiger partial charge < -0.3 is 4.98 Å². The number of nitrogens with zero attached hydrogens (tertiary/aromatic N) is 1. The van der Waals surface area contributed by atoms with Gasteiger partial charge in [-0.05, 0) is 41.1 Å². The van der Waals surface area contributed by atoms with E-state index in [1.807, 2.05) is 13.0 Å². The summed E-state index contributed by atoms with van der Waals surface area (Å²) < 4.78 is 26.1. The summed E-state index contributed by atoms with van der Waals surface area (Å²) in [6, 6.07) is 8.57. The van der Waals surface area contributed by atoms with Crippen molar-refractivity contribution in [3.8, 4) is 0 Å². The molecule has 0 unspecified atom stereocenters. The fourth-order valence-corrected chi connectivity index (χ4v) is 3.81. The zero-order valence-electron chi connectivity index (χ0n) is 10.6. The van der Waals surface area contributed by atoms with Crippen molar-refractivity contribution in [2.45, 2.75) is 16.8 Å². The smallest absolute Gasteiger partial charge is 0.225 e. The first-order chi connectivity index (χ1) is 9.50. The van der Waals surface area contributed by atoms with Crippen LogP contribution < -0.4 is 0 Å². The Morgan fingerprint density at radius 3 is 2.55 bits per heavy atom. The number of sulfone groups is 1. The minimum absolute atomic E-state index is 0.0459. The molecule has 6 heteroatoms. The number of aromatic amines is 1. The molecule has 4 nitrogen and oxygen atoms in total. The Morgan fingerprint density at radius 2 is 1.85 bits per heavy atom. The van der Waals surface area contributed by atoms with Crippen LogP contribution in [0.25, 0.3) is 10.9 Å². The van der Waals surface area contributed by atoms with E-state index in [0.29, 0.717) is 5.52 Å². The number of hydrogen-bond acceptors (Lipinski definition) is 3. The summed E-state index contributed by atoms with van der Waals surface area (Å²) in [5, 5.41) is 0.843. The number of aryl methyl sites for hydroxylation is 1. The van der Waals surface area contributed by atoms with Gasteiger partial charge in [0.15, 0.2) is 5.03 Å². The van der Waals surface area contributed by atoms with Crippen molar-refractivity contribution in [1.29, 1.82) is 0 Å². The van der Waals surface area contributed by atoms with Gasteiger partial charge >= 0.3 is 0 Å². The summed E-state index contributed by atoms with van der Waals surface area (Å²) in [5.41, 5.74) is 1.53. The van der Waals surface area contributed by atoms with Crippen LogP contribution in [0, 0.1) is 6.92 Å². The van der Waals surface area contributed by atoms with Crippen molar-refractivity contribution < 1.29 is 8.42 Å². The SMILES string of the molecule is Cc1ccc(S(=O)(=O)c2ncc(Br)c3cc[nH]c23)cc1. The van der Waals surface area contributed by atoms with E-state index in [0.717, 1.165) is 15.4 Å². The van der Waals surface area contributed by atoms with Crippen molar-refractivity contribution in [2.24, 2.45) is 0 Å². The number of nitrogens with one attached hydrogen (secondary N) is 1. The predicted molar refractivity (Wildman–Crippen MR) is 80.4 cm³/mol. The molecule has 0 saturated heterocycles. The lowest BCUT2D eigenvalue weighted by molar-refractivity contribution is 0.593. The summed E-state index contributed by atoms with van der Waals surface area (Å²) >= 11 is 3.37. The van der Waals surface area contributed by atoms with Gasteiger partial charge in [-0.15, -0.1) is 0 Å². The minimum atomic E-state index is -3.63. The Hall–Kier alpha value is -1.66. The minimum Gasteiger partial charge on any atom is -0.359 e. The van der Waals surface area contributed by atoms with Gasteiger partial charge in [-0.2, -0.15) is 0 Å². The van der Waals surface area contributed by atoms with E-state index >= 15 is 0 Å². The van der Waals surface area contributed by atoms with Gasteiger partial charge in [-0.1, -0.05) is 17.7 Å². The first-order valence-corrected chi connectivity index (χ1v) is 8.21. The summed E-state index contributed by atoms with van der Waals surface area (Å²) in [4.78, 5) is 7.27. The van der Waals surface area contributed by atoms with Crippen molar-refractivity contribution in [3.05, 3.63) is 52.8 Å². The van der Waals surface area contributed by atoms with Crippen LogP contribution in [0.2, 0.25) is 0 Å². The lowest BCUT2D eigenvalue weighted by atomic mass is 10.2. The molecule has 0 aliphatic carbocycles. The second-order valence-electron chi connectivity index (χ2n) is 4.49. The Labute approximate surface area is 124 Å². The van der Waals surface area contributed by atoms with E-state index in [1.165, 1.54) is 6.20 Å². The molecule has 0 aliphatic heterocycles. The fraction of sp³-hybridized carbons (Fsp3) is 0.0714. The highest BCUT2D eigenvalue weighted by Crippen LogP contribution is 2.29. The number of H-pyrrole nitrogens is 1. The standard InChI is InChI=1S/C14H11BrN2O2S/c1-9-2-4-10(5-3-9)20(18,19)14-13-11(6-7-16-13)12(15)8-17-14/h2-8,16H,1H3. The van der Waals surface area contributed by atoms with Gasteiger partial charge in [-0.3, -0.25) is 0 Å². The van der Waals surface area contributed by atoms with E-state index in [2.05, 4.69) is 25.9 Å². The number of rotatable bonds is 2. The molecule has 0 bridgehead atoms. The predicted octanol–water partition coefficient (Wildman–Crippen LogP) is 3.47. The summed E-state index contributed by atoms with van der Waals surface area (Å²) in [5.74, 6) is 0. The Balaban J connectivity index is 2.27. The van der Waals surface area contributed by atoms with Gasteiger partial charge in [-0.25, -0.2) is 13.4 Å². The Bertz CT molecular complexity index is 883. The molecule has 0 amide bonds. The quantitative estimate of drug-likeness (QED) is 0.769. The maximum atomic E-state index is 12.7. The van der Waals surface area contributed by atoms with Crippen molar-refractivity contribution >= 4 is 36.7 Å². The average molecular weight is 351 g/mol. The van der Waals surface area contributed by atoms with Crippen LogP contribution >= 0.6 is 15.9 Å². The molecule has 2 aromatic heterocycles. The maximum Gasteiger partial charge on any atom is 0.225 e.